The van der Waals surface area contributed by atoms with Crippen LogP contribution < -0.4 is 5.32 Å². The van der Waals surface area contributed by atoms with E-state index in [-0.39, 0.29) is 35.2 Å². The Kier molecular flexibility index (Phi) is 10.7. The van der Waals surface area contributed by atoms with Crippen LogP contribution in [0.15, 0.2) is 29.3 Å². The van der Waals surface area contributed by atoms with E-state index in [4.69, 9.17) is 4.99 Å². The number of hydrogen-bond acceptors (Lipinski definition) is 2. The zero-order chi connectivity index (χ0) is 19.9. The normalized spacial score (nSPS) is 17.8. The molecule has 4 nitrogen and oxygen atoms in total. The smallest absolute Gasteiger partial charge is 0.193 e. The molecule has 0 bridgehead atoms. The molecule has 1 atom stereocenters. The maximum atomic E-state index is 13.6. The Morgan fingerprint density at radius 2 is 2.00 bits per heavy atom. The molecule has 160 valence electrons. The SMILES string of the molecule is CCNC(=NCC(C)(C)c1cccc(F)c1)N1CCC(CN(CC)CC)C1.I. The molecule has 6 heteroatoms. The van der Waals surface area contributed by atoms with E-state index in [0.717, 1.165) is 50.8 Å². The lowest BCUT2D eigenvalue weighted by Crippen LogP contribution is -2.41. The molecule has 1 aromatic rings. The van der Waals surface area contributed by atoms with Crippen LogP contribution in [0.25, 0.3) is 0 Å². The third kappa shape index (κ3) is 7.17. The van der Waals surface area contributed by atoms with Crippen molar-refractivity contribution in [2.45, 2.75) is 46.5 Å². The highest BCUT2D eigenvalue weighted by molar-refractivity contribution is 14.0. The topological polar surface area (TPSA) is 30.9 Å². The fourth-order valence-electron chi connectivity index (χ4n) is 3.72. The molecule has 1 N–H and O–H groups in total. The third-order valence-electron chi connectivity index (χ3n) is 5.56. The summed E-state index contributed by atoms with van der Waals surface area (Å²) in [7, 11) is 0. The Bertz CT molecular complexity index is 616. The maximum absolute atomic E-state index is 13.6. The standard InChI is InChI=1S/C22H37FN4.HI/c1-6-24-21(27-13-12-18(16-27)15-26(7-2)8-3)25-17-22(4,5)19-10-9-11-20(23)14-19;/h9-11,14,18H,6-8,12-13,15-17H2,1-5H3,(H,24,25);1H. The van der Waals surface area contributed by atoms with Gasteiger partial charge in [-0.05, 0) is 50.0 Å². The van der Waals surface area contributed by atoms with Crippen molar-refractivity contribution in [2.75, 3.05) is 45.8 Å². The lowest BCUT2D eigenvalue weighted by atomic mass is 9.85. The average Bonchev–Trinajstić information content (AvgIpc) is 3.11. The van der Waals surface area contributed by atoms with E-state index in [1.165, 1.54) is 12.5 Å². The molecule has 0 aromatic heterocycles. The van der Waals surface area contributed by atoms with Gasteiger partial charge in [-0.25, -0.2) is 4.39 Å². The molecule has 1 unspecified atom stereocenters. The molecule has 1 fully saturated rings. The molecular formula is C22H38FIN4. The fraction of sp³-hybridized carbons (Fsp3) is 0.682. The highest BCUT2D eigenvalue weighted by atomic mass is 127. The second-order valence-corrected chi connectivity index (χ2v) is 8.15. The largest absolute Gasteiger partial charge is 0.357 e. The minimum Gasteiger partial charge on any atom is -0.357 e. The molecule has 0 radical (unpaired) electrons. The van der Waals surface area contributed by atoms with Crippen LogP contribution in [0.4, 0.5) is 4.39 Å². The van der Waals surface area contributed by atoms with Crippen molar-refractivity contribution < 1.29 is 4.39 Å². The molecule has 0 saturated carbocycles. The Morgan fingerprint density at radius 3 is 2.61 bits per heavy atom. The second-order valence-electron chi connectivity index (χ2n) is 8.15. The number of hydrogen-bond donors (Lipinski definition) is 1. The predicted molar refractivity (Wildman–Crippen MR) is 128 cm³/mol. The number of benzene rings is 1. The summed E-state index contributed by atoms with van der Waals surface area (Å²) in [6, 6.07) is 6.88. The van der Waals surface area contributed by atoms with Crippen molar-refractivity contribution in [2.24, 2.45) is 10.9 Å². The van der Waals surface area contributed by atoms with Crippen LogP contribution in [0, 0.1) is 11.7 Å². The van der Waals surface area contributed by atoms with E-state index in [9.17, 15) is 4.39 Å². The van der Waals surface area contributed by atoms with Crippen LogP contribution in [0.2, 0.25) is 0 Å². The summed E-state index contributed by atoms with van der Waals surface area (Å²) >= 11 is 0. The van der Waals surface area contributed by atoms with E-state index < -0.39 is 0 Å². The van der Waals surface area contributed by atoms with Crippen LogP contribution in [-0.4, -0.2) is 61.6 Å². The first-order valence-corrected chi connectivity index (χ1v) is 10.4. The summed E-state index contributed by atoms with van der Waals surface area (Å²) in [5.74, 6) is 1.50. The molecule has 1 saturated heterocycles. The first kappa shape index (κ1) is 25.1. The third-order valence-corrected chi connectivity index (χ3v) is 5.56. The van der Waals surface area contributed by atoms with E-state index in [0.29, 0.717) is 12.5 Å². The first-order valence-electron chi connectivity index (χ1n) is 10.4. The minimum absolute atomic E-state index is 0. The second kappa shape index (κ2) is 12.0. The Labute approximate surface area is 188 Å². The van der Waals surface area contributed by atoms with Gasteiger partial charge in [0.15, 0.2) is 5.96 Å². The molecule has 0 spiro atoms. The average molecular weight is 504 g/mol. The zero-order valence-electron chi connectivity index (χ0n) is 18.2. The molecule has 2 rings (SSSR count). The van der Waals surface area contributed by atoms with Crippen molar-refractivity contribution in [1.29, 1.82) is 0 Å². The molecule has 0 aliphatic carbocycles. The number of nitrogens with one attached hydrogen (secondary N) is 1. The van der Waals surface area contributed by atoms with Gasteiger partial charge in [-0.2, -0.15) is 0 Å². The van der Waals surface area contributed by atoms with E-state index in [1.54, 1.807) is 12.1 Å². The molecule has 1 aliphatic rings. The molecule has 1 aliphatic heterocycles. The Hall–Kier alpha value is -0.890. The molecule has 28 heavy (non-hydrogen) atoms. The van der Waals surface area contributed by atoms with Gasteiger partial charge in [-0.1, -0.05) is 39.8 Å². The van der Waals surface area contributed by atoms with Gasteiger partial charge < -0.3 is 15.1 Å². The molecule has 0 amide bonds. The Morgan fingerprint density at radius 1 is 1.29 bits per heavy atom. The van der Waals surface area contributed by atoms with Crippen molar-refractivity contribution in [3.63, 3.8) is 0 Å². The minimum atomic E-state index is -0.205. The number of likely N-dealkylation sites (tertiary alicyclic amines) is 1. The highest BCUT2D eigenvalue weighted by Crippen LogP contribution is 2.25. The summed E-state index contributed by atoms with van der Waals surface area (Å²) in [6.45, 7) is 17.8. The summed E-state index contributed by atoms with van der Waals surface area (Å²) in [5, 5.41) is 3.45. The quantitative estimate of drug-likeness (QED) is 0.325. The predicted octanol–water partition coefficient (Wildman–Crippen LogP) is 4.35. The summed E-state index contributed by atoms with van der Waals surface area (Å²) < 4.78 is 13.6. The van der Waals surface area contributed by atoms with Crippen molar-refractivity contribution in [3.05, 3.63) is 35.6 Å². The van der Waals surface area contributed by atoms with Gasteiger partial charge in [0.05, 0.1) is 6.54 Å². The van der Waals surface area contributed by atoms with Crippen LogP contribution >= 0.6 is 24.0 Å². The van der Waals surface area contributed by atoms with Crippen molar-refractivity contribution in [1.82, 2.24) is 15.1 Å². The van der Waals surface area contributed by atoms with Gasteiger partial charge in [0.2, 0.25) is 0 Å². The number of nitrogens with zero attached hydrogens (tertiary/aromatic N) is 3. The first-order chi connectivity index (χ1) is 12.9. The van der Waals surface area contributed by atoms with Gasteiger partial charge in [0.25, 0.3) is 0 Å². The monoisotopic (exact) mass is 504 g/mol. The van der Waals surface area contributed by atoms with Crippen LogP contribution in [-0.2, 0) is 5.41 Å². The fourth-order valence-corrected chi connectivity index (χ4v) is 3.72. The van der Waals surface area contributed by atoms with Crippen LogP contribution in [0.3, 0.4) is 0 Å². The van der Waals surface area contributed by atoms with E-state index >= 15 is 0 Å². The van der Waals surface area contributed by atoms with Crippen molar-refractivity contribution in [3.8, 4) is 0 Å². The lowest BCUT2D eigenvalue weighted by molar-refractivity contribution is 0.255. The van der Waals surface area contributed by atoms with Crippen molar-refractivity contribution >= 4 is 29.9 Å². The molecule has 1 aromatic carbocycles. The molecular weight excluding hydrogens is 466 g/mol. The molecule has 1 heterocycles. The number of rotatable bonds is 8. The van der Waals surface area contributed by atoms with Gasteiger partial charge in [0.1, 0.15) is 5.82 Å². The number of aliphatic imine (C=N–C) groups is 1. The van der Waals surface area contributed by atoms with Gasteiger partial charge in [-0.15, -0.1) is 24.0 Å². The van der Waals surface area contributed by atoms with Gasteiger partial charge >= 0.3 is 0 Å². The number of guanidine groups is 1. The van der Waals surface area contributed by atoms with Gasteiger partial charge in [-0.3, -0.25) is 4.99 Å². The van der Waals surface area contributed by atoms with E-state index in [2.05, 4.69) is 49.7 Å². The highest BCUT2D eigenvalue weighted by Gasteiger charge is 2.27. The zero-order valence-corrected chi connectivity index (χ0v) is 20.5. The summed E-state index contributed by atoms with van der Waals surface area (Å²) in [6.07, 6.45) is 1.22. The van der Waals surface area contributed by atoms with Crippen LogP contribution in [0.1, 0.15) is 46.6 Å². The maximum Gasteiger partial charge on any atom is 0.193 e. The van der Waals surface area contributed by atoms with Crippen LogP contribution in [0.5, 0.6) is 0 Å². The summed E-state index contributed by atoms with van der Waals surface area (Å²) in [5.41, 5.74) is 0.784. The number of halogens is 2. The van der Waals surface area contributed by atoms with E-state index in [1.807, 2.05) is 6.07 Å². The summed E-state index contributed by atoms with van der Waals surface area (Å²) in [4.78, 5) is 9.82. The van der Waals surface area contributed by atoms with Gasteiger partial charge in [0, 0.05) is 31.6 Å². The lowest BCUT2D eigenvalue weighted by Gasteiger charge is -2.27. The Balaban J connectivity index is 0.00000392.